The fraction of sp³-hybridized carbons (Fsp3) is 0.571. The number of hydrogen-bond acceptors (Lipinski definition) is 2. The van der Waals surface area contributed by atoms with Crippen LogP contribution < -0.4 is 4.74 Å². The van der Waals surface area contributed by atoms with Gasteiger partial charge in [-0.3, -0.25) is 0 Å². The van der Waals surface area contributed by atoms with Gasteiger partial charge >= 0.3 is 0 Å². The molecule has 1 fully saturated rings. The van der Waals surface area contributed by atoms with Gasteiger partial charge in [-0.15, -0.1) is 0 Å². The minimum absolute atomic E-state index is 0.462. The highest BCUT2D eigenvalue weighted by Gasteiger charge is 2.15. The summed E-state index contributed by atoms with van der Waals surface area (Å²) >= 11 is 7.02. The lowest BCUT2D eigenvalue weighted by Gasteiger charge is -2.13. The number of benzene rings is 1. The van der Waals surface area contributed by atoms with Crippen molar-refractivity contribution in [3.63, 3.8) is 0 Å². The Morgan fingerprint density at radius 1 is 1.39 bits per heavy atom. The Morgan fingerprint density at radius 2 is 2.28 bits per heavy atom. The van der Waals surface area contributed by atoms with Crippen LogP contribution in [0.3, 0.4) is 0 Å². The fourth-order valence-electron chi connectivity index (χ4n) is 2.18. The van der Waals surface area contributed by atoms with E-state index in [4.69, 9.17) is 9.47 Å². The molecule has 0 saturated carbocycles. The predicted molar refractivity (Wildman–Crippen MR) is 80.5 cm³/mol. The van der Waals surface area contributed by atoms with Gasteiger partial charge in [0.25, 0.3) is 0 Å². The second kappa shape index (κ2) is 7.51. The van der Waals surface area contributed by atoms with Crippen molar-refractivity contribution < 1.29 is 9.47 Å². The number of alkyl halides is 1. The Kier molecular flexibility index (Phi) is 5.99. The Hall–Kier alpha value is -0.0600. The molecular formula is C14H18Br2O2. The van der Waals surface area contributed by atoms with Crippen LogP contribution >= 0.6 is 31.9 Å². The van der Waals surface area contributed by atoms with Crippen LogP contribution in [0.4, 0.5) is 0 Å². The summed E-state index contributed by atoms with van der Waals surface area (Å²) in [5.74, 6) is 0.960. The van der Waals surface area contributed by atoms with Crippen molar-refractivity contribution in [3.8, 4) is 5.75 Å². The lowest BCUT2D eigenvalue weighted by atomic mass is 10.1. The first-order chi connectivity index (χ1) is 8.81. The molecule has 0 radical (unpaired) electrons. The van der Waals surface area contributed by atoms with Gasteiger partial charge in [0, 0.05) is 17.5 Å². The zero-order valence-corrected chi connectivity index (χ0v) is 13.5. The molecule has 1 aromatic rings. The van der Waals surface area contributed by atoms with Crippen LogP contribution in [0.15, 0.2) is 22.7 Å². The first-order valence-electron chi connectivity index (χ1n) is 6.39. The van der Waals surface area contributed by atoms with E-state index in [-0.39, 0.29) is 0 Å². The second-order valence-corrected chi connectivity index (χ2v) is 5.90. The first kappa shape index (κ1) is 14.4. The molecule has 0 amide bonds. The average Bonchev–Trinajstić information content (AvgIpc) is 2.89. The van der Waals surface area contributed by atoms with E-state index in [0.717, 1.165) is 41.6 Å². The van der Waals surface area contributed by atoms with Crippen molar-refractivity contribution in [1.82, 2.24) is 0 Å². The van der Waals surface area contributed by atoms with E-state index in [2.05, 4.69) is 37.9 Å². The Morgan fingerprint density at radius 3 is 3.00 bits per heavy atom. The van der Waals surface area contributed by atoms with Crippen molar-refractivity contribution in [1.29, 1.82) is 0 Å². The summed E-state index contributed by atoms with van der Waals surface area (Å²) < 4.78 is 12.5. The summed E-state index contributed by atoms with van der Waals surface area (Å²) in [6, 6.07) is 6.12. The van der Waals surface area contributed by atoms with E-state index in [9.17, 15) is 0 Å². The van der Waals surface area contributed by atoms with Gasteiger partial charge in [0.1, 0.15) is 5.75 Å². The highest BCUT2D eigenvalue weighted by atomic mass is 79.9. The molecule has 1 saturated heterocycles. The van der Waals surface area contributed by atoms with E-state index < -0.39 is 0 Å². The van der Waals surface area contributed by atoms with Crippen molar-refractivity contribution in [2.45, 2.75) is 37.1 Å². The largest absolute Gasteiger partial charge is 0.492 e. The summed E-state index contributed by atoms with van der Waals surface area (Å²) in [6.07, 6.45) is 5.04. The smallest absolute Gasteiger partial charge is 0.137 e. The second-order valence-electron chi connectivity index (χ2n) is 4.49. The molecule has 0 bridgehead atoms. The molecule has 0 aliphatic carbocycles. The first-order valence-corrected chi connectivity index (χ1v) is 8.30. The van der Waals surface area contributed by atoms with Crippen LogP contribution in [0, 0.1) is 0 Å². The van der Waals surface area contributed by atoms with Crippen molar-refractivity contribution in [2.24, 2.45) is 0 Å². The van der Waals surface area contributed by atoms with E-state index in [1.165, 1.54) is 18.4 Å². The van der Waals surface area contributed by atoms with Gasteiger partial charge in [-0.1, -0.05) is 28.1 Å². The van der Waals surface area contributed by atoms with E-state index in [1.54, 1.807) is 0 Å². The van der Waals surface area contributed by atoms with E-state index in [0.29, 0.717) is 6.10 Å². The van der Waals surface area contributed by atoms with Crippen molar-refractivity contribution in [2.75, 3.05) is 13.2 Å². The van der Waals surface area contributed by atoms with Crippen LogP contribution in [0.1, 0.15) is 31.2 Å². The van der Waals surface area contributed by atoms with Crippen LogP contribution in [-0.4, -0.2) is 19.3 Å². The third-order valence-corrected chi connectivity index (χ3v) is 4.36. The molecule has 18 heavy (non-hydrogen) atoms. The molecule has 1 unspecified atom stereocenters. The topological polar surface area (TPSA) is 18.5 Å². The average molecular weight is 378 g/mol. The zero-order chi connectivity index (χ0) is 12.8. The fourth-order valence-corrected chi connectivity index (χ4v) is 3.14. The SMILES string of the molecule is BrCc1cccc(Br)c1OCCCC1CCCO1. The molecule has 2 nitrogen and oxygen atoms in total. The zero-order valence-electron chi connectivity index (χ0n) is 10.3. The number of ether oxygens (including phenoxy) is 2. The minimum atomic E-state index is 0.462. The van der Waals surface area contributed by atoms with Gasteiger partial charge in [0.05, 0.1) is 17.2 Å². The molecule has 1 aliphatic rings. The third kappa shape index (κ3) is 3.97. The lowest BCUT2D eigenvalue weighted by Crippen LogP contribution is -2.08. The Bertz CT molecular complexity index is 376. The lowest BCUT2D eigenvalue weighted by molar-refractivity contribution is 0.0980. The molecule has 0 N–H and O–H groups in total. The standard InChI is InChI=1S/C14H18Br2O2/c15-10-11-4-1-7-13(16)14(11)18-9-3-6-12-5-2-8-17-12/h1,4,7,12H,2-3,5-6,8-10H2. The number of hydrogen-bond donors (Lipinski definition) is 0. The van der Waals surface area contributed by atoms with Gasteiger partial charge in [-0.25, -0.2) is 0 Å². The van der Waals surface area contributed by atoms with Crippen molar-refractivity contribution >= 4 is 31.9 Å². The monoisotopic (exact) mass is 376 g/mol. The van der Waals surface area contributed by atoms with Crippen LogP contribution in [0.2, 0.25) is 0 Å². The molecule has 2 rings (SSSR count). The maximum absolute atomic E-state index is 5.89. The Balaban J connectivity index is 1.78. The van der Waals surface area contributed by atoms with Gasteiger partial charge in [-0.05, 0) is 47.7 Å². The summed E-state index contributed by atoms with van der Waals surface area (Å²) in [4.78, 5) is 0. The quantitative estimate of drug-likeness (QED) is 0.529. The maximum Gasteiger partial charge on any atom is 0.137 e. The Labute approximate surface area is 125 Å². The van der Waals surface area contributed by atoms with Crippen LogP contribution in [0.5, 0.6) is 5.75 Å². The molecule has 1 heterocycles. The highest BCUT2D eigenvalue weighted by Crippen LogP contribution is 2.30. The van der Waals surface area contributed by atoms with Gasteiger partial charge in [-0.2, -0.15) is 0 Å². The number of rotatable bonds is 6. The highest BCUT2D eigenvalue weighted by molar-refractivity contribution is 9.10. The summed E-state index contributed by atoms with van der Waals surface area (Å²) in [6.45, 7) is 1.69. The van der Waals surface area contributed by atoms with E-state index >= 15 is 0 Å². The molecule has 1 aromatic carbocycles. The molecule has 1 aliphatic heterocycles. The summed E-state index contributed by atoms with van der Waals surface area (Å²) in [7, 11) is 0. The summed E-state index contributed by atoms with van der Waals surface area (Å²) in [5, 5.41) is 0.813. The molecule has 0 spiro atoms. The summed E-state index contributed by atoms with van der Waals surface area (Å²) in [5.41, 5.74) is 1.18. The minimum Gasteiger partial charge on any atom is -0.492 e. The van der Waals surface area contributed by atoms with Gasteiger partial charge in [0.15, 0.2) is 0 Å². The number of para-hydroxylation sites is 1. The normalized spacial score (nSPS) is 19.1. The van der Waals surface area contributed by atoms with Gasteiger partial charge in [0.2, 0.25) is 0 Å². The molecule has 4 heteroatoms. The third-order valence-electron chi connectivity index (χ3n) is 3.13. The van der Waals surface area contributed by atoms with Crippen LogP contribution in [0.25, 0.3) is 0 Å². The van der Waals surface area contributed by atoms with Crippen molar-refractivity contribution in [3.05, 3.63) is 28.2 Å². The van der Waals surface area contributed by atoms with E-state index in [1.807, 2.05) is 12.1 Å². The molecular weight excluding hydrogens is 360 g/mol. The maximum atomic E-state index is 5.89. The van der Waals surface area contributed by atoms with Crippen LogP contribution in [-0.2, 0) is 10.1 Å². The van der Waals surface area contributed by atoms with Gasteiger partial charge < -0.3 is 9.47 Å². The molecule has 1 atom stereocenters. The number of halogens is 2. The molecule has 100 valence electrons. The molecule has 0 aromatic heterocycles. The predicted octanol–water partition coefficient (Wildman–Crippen LogP) is 4.68.